The van der Waals surface area contributed by atoms with Gasteiger partial charge in [0.05, 0.1) is 18.0 Å². The third kappa shape index (κ3) is 4.49. The van der Waals surface area contributed by atoms with Crippen molar-refractivity contribution in [3.8, 4) is 17.2 Å². The highest BCUT2D eigenvalue weighted by atomic mass is 32.2. The zero-order valence-electron chi connectivity index (χ0n) is 15.6. The summed E-state index contributed by atoms with van der Waals surface area (Å²) in [5, 5.41) is 10.9. The maximum absolute atomic E-state index is 12.5. The maximum atomic E-state index is 12.5. The van der Waals surface area contributed by atoms with Crippen molar-refractivity contribution in [2.45, 2.75) is 31.2 Å². The number of rotatable bonds is 6. The van der Waals surface area contributed by atoms with Crippen molar-refractivity contribution in [3.05, 3.63) is 53.6 Å². The molecule has 2 aromatic carbocycles. The average Bonchev–Trinajstić information content (AvgIpc) is 3.12. The number of benzene rings is 2. The molecule has 0 saturated heterocycles. The van der Waals surface area contributed by atoms with Crippen molar-refractivity contribution in [2.24, 2.45) is 0 Å². The van der Waals surface area contributed by atoms with Crippen LogP contribution in [0.4, 0.5) is 5.69 Å². The van der Waals surface area contributed by atoms with Gasteiger partial charge in [-0.25, -0.2) is 0 Å². The second kappa shape index (κ2) is 8.26. The first-order valence-electron chi connectivity index (χ1n) is 8.49. The topological polar surface area (TPSA) is 77.2 Å². The van der Waals surface area contributed by atoms with E-state index in [1.807, 2.05) is 37.3 Å². The van der Waals surface area contributed by atoms with E-state index in [0.29, 0.717) is 22.6 Å². The van der Waals surface area contributed by atoms with Crippen LogP contribution in [0.25, 0.3) is 11.5 Å². The lowest BCUT2D eigenvalue weighted by atomic mass is 10.1. The highest BCUT2D eigenvalue weighted by Gasteiger charge is 2.20. The molecule has 140 valence electrons. The lowest BCUT2D eigenvalue weighted by molar-refractivity contribution is -0.115. The number of anilines is 1. The number of carbonyl (C=O) groups excluding carboxylic acids is 1. The standard InChI is InChI=1S/C20H21N3O3S/c1-12-9-10-15(11-13(12)2)19-22-23-20(26-19)27-14(3)18(24)21-16-7-5-6-8-17(16)25-4/h5-11,14H,1-4H3,(H,21,24)/t14-/m1/s1. The van der Waals surface area contributed by atoms with Crippen molar-refractivity contribution in [1.29, 1.82) is 0 Å². The summed E-state index contributed by atoms with van der Waals surface area (Å²) in [4.78, 5) is 12.5. The predicted molar refractivity (Wildman–Crippen MR) is 106 cm³/mol. The van der Waals surface area contributed by atoms with E-state index in [1.54, 1.807) is 26.2 Å². The third-order valence-corrected chi connectivity index (χ3v) is 5.11. The maximum Gasteiger partial charge on any atom is 0.277 e. The summed E-state index contributed by atoms with van der Waals surface area (Å²) >= 11 is 1.21. The molecule has 0 aliphatic rings. The van der Waals surface area contributed by atoms with E-state index in [2.05, 4.69) is 22.4 Å². The first-order valence-corrected chi connectivity index (χ1v) is 9.37. The fraction of sp³-hybridized carbons (Fsp3) is 0.250. The summed E-state index contributed by atoms with van der Waals surface area (Å²) < 4.78 is 11.0. The number of nitrogens with zero attached hydrogens (tertiary/aromatic N) is 2. The van der Waals surface area contributed by atoms with Crippen LogP contribution >= 0.6 is 11.8 Å². The number of methoxy groups -OCH3 is 1. The summed E-state index contributed by atoms with van der Waals surface area (Å²) in [6.07, 6.45) is 0. The van der Waals surface area contributed by atoms with Crippen molar-refractivity contribution in [2.75, 3.05) is 12.4 Å². The Hall–Kier alpha value is -2.80. The molecule has 0 aliphatic heterocycles. The van der Waals surface area contributed by atoms with Crippen LogP contribution in [0.2, 0.25) is 0 Å². The van der Waals surface area contributed by atoms with Gasteiger partial charge in [0.2, 0.25) is 11.8 Å². The normalized spacial score (nSPS) is 11.9. The number of para-hydroxylation sites is 2. The van der Waals surface area contributed by atoms with E-state index in [1.165, 1.54) is 17.3 Å². The number of hydrogen-bond acceptors (Lipinski definition) is 6. The Morgan fingerprint density at radius 2 is 1.93 bits per heavy atom. The second-order valence-electron chi connectivity index (χ2n) is 6.12. The Kier molecular flexibility index (Phi) is 5.81. The Balaban J connectivity index is 1.67. The van der Waals surface area contributed by atoms with Crippen LogP contribution in [-0.4, -0.2) is 28.5 Å². The molecule has 0 aliphatic carbocycles. The fourth-order valence-corrected chi connectivity index (χ4v) is 3.12. The molecule has 0 radical (unpaired) electrons. The molecule has 7 heteroatoms. The highest BCUT2D eigenvalue weighted by Crippen LogP contribution is 2.29. The van der Waals surface area contributed by atoms with Crippen LogP contribution in [0.1, 0.15) is 18.1 Å². The Morgan fingerprint density at radius 3 is 2.67 bits per heavy atom. The van der Waals surface area contributed by atoms with Gasteiger partial charge in [0.25, 0.3) is 5.22 Å². The first kappa shape index (κ1) is 19.0. The number of hydrogen-bond donors (Lipinski definition) is 1. The SMILES string of the molecule is COc1ccccc1NC(=O)[C@@H](C)Sc1nnc(-c2ccc(C)c(C)c2)o1. The number of aryl methyl sites for hydroxylation is 2. The quantitative estimate of drug-likeness (QED) is 0.632. The minimum Gasteiger partial charge on any atom is -0.495 e. The Bertz CT molecular complexity index is 955. The lowest BCUT2D eigenvalue weighted by Gasteiger charge is -2.12. The molecule has 0 bridgehead atoms. The van der Waals surface area contributed by atoms with E-state index in [-0.39, 0.29) is 5.91 Å². The van der Waals surface area contributed by atoms with Crippen LogP contribution in [0.5, 0.6) is 5.75 Å². The molecule has 3 aromatic rings. The van der Waals surface area contributed by atoms with Crippen LogP contribution in [0, 0.1) is 13.8 Å². The minimum atomic E-state index is -0.414. The molecular formula is C20H21N3O3S. The van der Waals surface area contributed by atoms with Gasteiger partial charge in [0.1, 0.15) is 5.75 Å². The lowest BCUT2D eigenvalue weighted by Crippen LogP contribution is -2.22. The van der Waals surface area contributed by atoms with Gasteiger partial charge >= 0.3 is 0 Å². The van der Waals surface area contributed by atoms with E-state index in [4.69, 9.17) is 9.15 Å². The summed E-state index contributed by atoms with van der Waals surface area (Å²) in [5.74, 6) is 0.881. The molecule has 1 N–H and O–H groups in total. The molecule has 27 heavy (non-hydrogen) atoms. The summed E-state index contributed by atoms with van der Waals surface area (Å²) in [6, 6.07) is 13.2. The zero-order valence-corrected chi connectivity index (χ0v) is 16.5. The molecule has 6 nitrogen and oxygen atoms in total. The van der Waals surface area contributed by atoms with Crippen LogP contribution < -0.4 is 10.1 Å². The van der Waals surface area contributed by atoms with Gasteiger partial charge in [0, 0.05) is 5.56 Å². The third-order valence-electron chi connectivity index (χ3n) is 4.17. The molecule has 1 atom stereocenters. The number of aromatic nitrogens is 2. The average molecular weight is 383 g/mol. The largest absolute Gasteiger partial charge is 0.495 e. The predicted octanol–water partition coefficient (Wildman–Crippen LogP) is 4.48. The summed E-state index contributed by atoms with van der Waals surface area (Å²) in [5.41, 5.74) is 3.85. The van der Waals surface area contributed by atoms with E-state index in [9.17, 15) is 4.79 Å². The van der Waals surface area contributed by atoms with Gasteiger partial charge in [-0.15, -0.1) is 10.2 Å². The molecule has 0 saturated carbocycles. The zero-order chi connectivity index (χ0) is 19.4. The first-order chi connectivity index (χ1) is 13.0. The number of amides is 1. The Morgan fingerprint density at radius 1 is 1.15 bits per heavy atom. The van der Waals surface area contributed by atoms with Crippen LogP contribution in [-0.2, 0) is 4.79 Å². The second-order valence-corrected chi connectivity index (χ2v) is 7.41. The molecule has 1 heterocycles. The van der Waals surface area contributed by atoms with Crippen molar-refractivity contribution >= 4 is 23.4 Å². The van der Waals surface area contributed by atoms with Gasteiger partial charge in [0.15, 0.2) is 0 Å². The van der Waals surface area contributed by atoms with Gasteiger partial charge < -0.3 is 14.5 Å². The number of thioether (sulfide) groups is 1. The van der Waals surface area contributed by atoms with Gasteiger partial charge in [-0.05, 0) is 56.2 Å². The van der Waals surface area contributed by atoms with Gasteiger partial charge in [-0.2, -0.15) is 0 Å². The van der Waals surface area contributed by atoms with E-state index < -0.39 is 5.25 Å². The van der Waals surface area contributed by atoms with Crippen molar-refractivity contribution in [1.82, 2.24) is 10.2 Å². The van der Waals surface area contributed by atoms with Gasteiger partial charge in [-0.3, -0.25) is 4.79 Å². The number of carbonyl (C=O) groups is 1. The highest BCUT2D eigenvalue weighted by molar-refractivity contribution is 8.00. The Labute approximate surface area is 162 Å². The fourth-order valence-electron chi connectivity index (χ4n) is 2.44. The summed E-state index contributed by atoms with van der Waals surface area (Å²) in [6.45, 7) is 5.88. The monoisotopic (exact) mass is 383 g/mol. The minimum absolute atomic E-state index is 0.171. The summed E-state index contributed by atoms with van der Waals surface area (Å²) in [7, 11) is 1.57. The molecule has 3 rings (SSSR count). The van der Waals surface area contributed by atoms with Crippen LogP contribution in [0.15, 0.2) is 52.1 Å². The molecule has 1 amide bonds. The molecule has 0 unspecified atom stereocenters. The van der Waals surface area contributed by atoms with Crippen molar-refractivity contribution in [3.63, 3.8) is 0 Å². The molecule has 0 fully saturated rings. The molecular weight excluding hydrogens is 362 g/mol. The smallest absolute Gasteiger partial charge is 0.277 e. The van der Waals surface area contributed by atoms with Crippen molar-refractivity contribution < 1.29 is 13.9 Å². The molecule has 0 spiro atoms. The van der Waals surface area contributed by atoms with E-state index in [0.717, 1.165) is 11.1 Å². The van der Waals surface area contributed by atoms with Gasteiger partial charge in [-0.1, -0.05) is 30.0 Å². The molecule has 1 aromatic heterocycles. The number of ether oxygens (including phenoxy) is 1. The van der Waals surface area contributed by atoms with E-state index >= 15 is 0 Å². The number of nitrogens with one attached hydrogen (secondary N) is 1. The van der Waals surface area contributed by atoms with Crippen LogP contribution in [0.3, 0.4) is 0 Å².